The van der Waals surface area contributed by atoms with Gasteiger partial charge in [0.1, 0.15) is 16.7 Å². The number of nitrogens with zero attached hydrogens (tertiary/aromatic N) is 4. The van der Waals surface area contributed by atoms with Crippen LogP contribution < -0.4 is 11.0 Å². The molecule has 0 aliphatic heterocycles. The van der Waals surface area contributed by atoms with Crippen molar-refractivity contribution in [1.29, 1.82) is 0 Å². The number of amides is 1. The van der Waals surface area contributed by atoms with E-state index >= 15 is 0 Å². The van der Waals surface area contributed by atoms with E-state index in [0.717, 1.165) is 14.2 Å². The predicted octanol–water partition coefficient (Wildman–Crippen LogP) is 3.69. The smallest absolute Gasteiger partial charge is 0.271 e. The molecule has 3 rings (SSSR count). The third-order valence-corrected chi connectivity index (χ3v) is 6.06. The lowest BCUT2D eigenvalue weighted by molar-refractivity contribution is -0.142. The fourth-order valence-electron chi connectivity index (χ4n) is 2.71. The van der Waals surface area contributed by atoms with Crippen molar-refractivity contribution in [3.05, 3.63) is 43.0 Å². The molecular formula is C16H15BrF3N5O2S. The van der Waals surface area contributed by atoms with Crippen molar-refractivity contribution in [2.75, 3.05) is 5.43 Å². The summed E-state index contributed by atoms with van der Waals surface area (Å²) in [4.78, 5) is 31.0. The van der Waals surface area contributed by atoms with Gasteiger partial charge in [0.25, 0.3) is 11.5 Å². The van der Waals surface area contributed by atoms with Crippen molar-refractivity contribution >= 4 is 43.4 Å². The maximum atomic E-state index is 13.1. The number of thiophene rings is 1. The summed E-state index contributed by atoms with van der Waals surface area (Å²) in [5.41, 5.74) is 0.990. The molecule has 0 unspecified atom stereocenters. The van der Waals surface area contributed by atoms with Crippen LogP contribution in [0.1, 0.15) is 35.1 Å². The molecule has 1 N–H and O–H groups in total. The zero-order valence-electron chi connectivity index (χ0n) is 15.2. The third-order valence-electron chi connectivity index (χ3n) is 4.17. The van der Waals surface area contributed by atoms with E-state index < -0.39 is 29.4 Å². The summed E-state index contributed by atoms with van der Waals surface area (Å²) >= 11 is 4.23. The first-order chi connectivity index (χ1) is 12.9. The Balaban J connectivity index is 1.96. The number of fused-ring (bicyclic) bond motifs is 1. The van der Waals surface area contributed by atoms with Crippen LogP contribution >= 0.6 is 27.3 Å². The fraction of sp³-hybridized carbons (Fsp3) is 0.375. The summed E-state index contributed by atoms with van der Waals surface area (Å²) in [6.45, 7) is 6.19. The summed E-state index contributed by atoms with van der Waals surface area (Å²) in [7, 11) is 0. The summed E-state index contributed by atoms with van der Waals surface area (Å²) in [6.07, 6.45) is -4.66. The van der Waals surface area contributed by atoms with Crippen LogP contribution in [0.5, 0.6) is 0 Å². The summed E-state index contributed by atoms with van der Waals surface area (Å²) in [5.74, 6) is -0.445. The Morgan fingerprint density at radius 3 is 2.54 bits per heavy atom. The zero-order chi connectivity index (χ0) is 21.0. The van der Waals surface area contributed by atoms with Gasteiger partial charge in [-0.1, -0.05) is 0 Å². The molecule has 0 radical (unpaired) electrons. The van der Waals surface area contributed by atoms with E-state index in [1.54, 1.807) is 13.0 Å². The Bertz CT molecular complexity index is 1150. The number of nitrogens with one attached hydrogen (secondary N) is 1. The van der Waals surface area contributed by atoms with Crippen molar-refractivity contribution in [2.45, 2.75) is 39.9 Å². The highest BCUT2D eigenvalue weighted by molar-refractivity contribution is 9.10. The Labute approximate surface area is 169 Å². The van der Waals surface area contributed by atoms with Crippen molar-refractivity contribution in [2.24, 2.45) is 0 Å². The van der Waals surface area contributed by atoms with E-state index in [2.05, 4.69) is 31.4 Å². The van der Waals surface area contributed by atoms with Gasteiger partial charge in [-0.3, -0.25) is 19.7 Å². The van der Waals surface area contributed by atoms with Gasteiger partial charge in [0, 0.05) is 4.88 Å². The van der Waals surface area contributed by atoms with Gasteiger partial charge in [-0.2, -0.15) is 18.3 Å². The number of hydrogen-bond donors (Lipinski definition) is 1. The van der Waals surface area contributed by atoms with Crippen LogP contribution in [0.4, 0.5) is 13.2 Å². The van der Waals surface area contributed by atoms with E-state index in [9.17, 15) is 22.8 Å². The highest BCUT2D eigenvalue weighted by Gasteiger charge is 2.39. The van der Waals surface area contributed by atoms with E-state index in [4.69, 9.17) is 0 Å². The lowest BCUT2D eigenvalue weighted by atomic mass is 10.3. The molecule has 0 spiro atoms. The average molecular weight is 478 g/mol. The van der Waals surface area contributed by atoms with Gasteiger partial charge in [0.2, 0.25) is 0 Å². The van der Waals surface area contributed by atoms with Crippen molar-refractivity contribution < 1.29 is 18.0 Å². The molecule has 3 aromatic rings. The maximum Gasteiger partial charge on any atom is 0.436 e. The molecule has 0 aliphatic rings. The quantitative estimate of drug-likeness (QED) is 0.623. The first-order valence-corrected chi connectivity index (χ1v) is 9.65. The van der Waals surface area contributed by atoms with Gasteiger partial charge in [-0.05, 0) is 49.7 Å². The van der Waals surface area contributed by atoms with Crippen molar-refractivity contribution in [3.63, 3.8) is 0 Å². The lowest BCUT2D eigenvalue weighted by Gasteiger charge is -2.16. The van der Waals surface area contributed by atoms with Crippen LogP contribution in [0, 0.1) is 20.8 Å². The van der Waals surface area contributed by atoms with E-state index in [-0.39, 0.29) is 16.0 Å². The van der Waals surface area contributed by atoms with Gasteiger partial charge >= 0.3 is 6.18 Å². The molecule has 7 nitrogen and oxygen atoms in total. The largest absolute Gasteiger partial charge is 0.436 e. The van der Waals surface area contributed by atoms with E-state index in [1.807, 2.05) is 6.92 Å². The standard InChI is InChI=1S/C16H15BrF3N5O2S/c1-6-5-10-14(28-6)21-9(4)25(15(10)27)23-13(26)8(3)24-7(2)11(17)12(22-24)16(18,19)20/h5,8H,1-4H3,(H,23,26)/t8-/m1/s1. The molecule has 0 bridgehead atoms. The third kappa shape index (κ3) is 3.46. The number of rotatable bonds is 3. The van der Waals surface area contributed by atoms with Gasteiger partial charge < -0.3 is 0 Å². The summed E-state index contributed by atoms with van der Waals surface area (Å²) in [5, 5.41) is 3.88. The molecule has 0 saturated carbocycles. The number of hydrogen-bond acceptors (Lipinski definition) is 5. The molecule has 28 heavy (non-hydrogen) atoms. The van der Waals surface area contributed by atoms with Gasteiger partial charge in [-0.15, -0.1) is 11.3 Å². The van der Waals surface area contributed by atoms with Crippen LogP contribution in [0.2, 0.25) is 0 Å². The summed E-state index contributed by atoms with van der Waals surface area (Å²) in [6, 6.07) is 0.573. The molecule has 0 aromatic carbocycles. The Hall–Kier alpha value is -2.21. The average Bonchev–Trinajstić information content (AvgIpc) is 3.10. The first kappa shape index (κ1) is 20.5. The number of alkyl halides is 3. The van der Waals surface area contributed by atoms with Crippen LogP contribution in [0.15, 0.2) is 15.3 Å². The topological polar surface area (TPSA) is 81.8 Å². The van der Waals surface area contributed by atoms with Crippen LogP contribution in [-0.2, 0) is 11.0 Å². The van der Waals surface area contributed by atoms with Gasteiger partial charge in [0.05, 0.1) is 15.6 Å². The molecule has 1 atom stereocenters. The molecule has 3 aromatic heterocycles. The van der Waals surface area contributed by atoms with E-state index in [1.165, 1.54) is 25.2 Å². The molecule has 0 fully saturated rings. The highest BCUT2D eigenvalue weighted by Crippen LogP contribution is 2.36. The minimum atomic E-state index is -4.66. The molecule has 12 heteroatoms. The monoisotopic (exact) mass is 477 g/mol. The molecule has 150 valence electrons. The van der Waals surface area contributed by atoms with Crippen LogP contribution in [-0.4, -0.2) is 25.3 Å². The number of carbonyl (C=O) groups is 1. The number of aromatic nitrogens is 4. The highest BCUT2D eigenvalue weighted by atomic mass is 79.9. The van der Waals surface area contributed by atoms with Crippen molar-refractivity contribution in [1.82, 2.24) is 19.4 Å². The van der Waals surface area contributed by atoms with E-state index in [0.29, 0.717) is 10.2 Å². The number of aryl methyl sites for hydroxylation is 2. The number of carbonyl (C=O) groups excluding carboxylic acids is 1. The Morgan fingerprint density at radius 2 is 1.96 bits per heavy atom. The molecule has 1 amide bonds. The Morgan fingerprint density at radius 1 is 1.32 bits per heavy atom. The predicted molar refractivity (Wildman–Crippen MR) is 102 cm³/mol. The maximum absolute atomic E-state index is 13.1. The fourth-order valence-corrected chi connectivity index (χ4v) is 4.11. The second-order valence-electron chi connectivity index (χ2n) is 6.22. The molecule has 0 aliphatic carbocycles. The zero-order valence-corrected chi connectivity index (χ0v) is 17.6. The Kier molecular flexibility index (Phi) is 5.13. The lowest BCUT2D eigenvalue weighted by Crippen LogP contribution is -2.38. The second-order valence-corrected chi connectivity index (χ2v) is 8.25. The van der Waals surface area contributed by atoms with Crippen LogP contribution in [0.3, 0.4) is 0 Å². The summed E-state index contributed by atoms with van der Waals surface area (Å²) < 4.78 is 40.9. The van der Waals surface area contributed by atoms with Gasteiger partial charge in [-0.25, -0.2) is 9.66 Å². The van der Waals surface area contributed by atoms with Crippen molar-refractivity contribution in [3.8, 4) is 0 Å². The molecule has 3 heterocycles. The van der Waals surface area contributed by atoms with Gasteiger partial charge in [0.15, 0.2) is 5.69 Å². The number of halogens is 4. The second kappa shape index (κ2) is 6.99. The minimum Gasteiger partial charge on any atom is -0.271 e. The first-order valence-electron chi connectivity index (χ1n) is 8.04. The SMILES string of the molecule is Cc1cc2c(=O)n(NC(=O)[C@@H](C)n3nc(C(F)(F)F)c(Br)c3C)c(C)nc2s1. The molecule has 0 saturated heterocycles. The minimum absolute atomic E-state index is 0.140. The van der Waals surface area contributed by atoms with Crippen LogP contribution in [0.25, 0.3) is 10.2 Å². The normalized spacial score (nSPS) is 13.1. The molecular weight excluding hydrogens is 463 g/mol.